The lowest BCUT2D eigenvalue weighted by molar-refractivity contribution is 0.0947. The predicted molar refractivity (Wildman–Crippen MR) is 94.0 cm³/mol. The smallest absolute Gasteiger partial charge is 0.251 e. The van der Waals surface area contributed by atoms with Crippen molar-refractivity contribution in [2.24, 2.45) is 5.73 Å². The lowest BCUT2D eigenvalue weighted by atomic mass is 9.88. The Kier molecular flexibility index (Phi) is 5.65. The largest absolute Gasteiger partial charge is 0.389 e. The third kappa shape index (κ3) is 4.20. The lowest BCUT2D eigenvalue weighted by Crippen LogP contribution is -2.41. The Morgan fingerprint density at radius 1 is 1.33 bits per heavy atom. The summed E-state index contributed by atoms with van der Waals surface area (Å²) in [6.07, 6.45) is 8.33. The van der Waals surface area contributed by atoms with Gasteiger partial charge in [-0.15, -0.1) is 0 Å². The minimum absolute atomic E-state index is 0.0490. The van der Waals surface area contributed by atoms with E-state index >= 15 is 0 Å². The molecular formula is C16H22N2OS2. The molecule has 1 fully saturated rings. The van der Waals surface area contributed by atoms with Gasteiger partial charge in [0.2, 0.25) is 0 Å². The minimum Gasteiger partial charge on any atom is -0.389 e. The molecule has 0 heterocycles. The average Bonchev–Trinajstić information content (AvgIpc) is 2.53. The van der Waals surface area contributed by atoms with Crippen LogP contribution in [0.1, 0.15) is 48.0 Å². The first-order chi connectivity index (χ1) is 10.1. The predicted octanol–water partition coefficient (Wildman–Crippen LogP) is 3.12. The molecule has 21 heavy (non-hydrogen) atoms. The molecule has 2 rings (SSSR count). The van der Waals surface area contributed by atoms with Crippen LogP contribution in [-0.2, 0) is 0 Å². The van der Waals surface area contributed by atoms with E-state index in [-0.39, 0.29) is 10.7 Å². The van der Waals surface area contributed by atoms with Gasteiger partial charge in [0.15, 0.2) is 0 Å². The van der Waals surface area contributed by atoms with Gasteiger partial charge in [-0.3, -0.25) is 4.79 Å². The van der Waals surface area contributed by atoms with Crippen molar-refractivity contribution in [2.45, 2.75) is 36.9 Å². The van der Waals surface area contributed by atoms with E-state index in [0.717, 1.165) is 12.1 Å². The Balaban J connectivity index is 2.01. The fraction of sp³-hybridized carbons (Fsp3) is 0.500. The SMILES string of the molecule is CSC1(CNC(=O)c2cccc(C(N)=S)c2)CCCCC1. The third-order valence-electron chi connectivity index (χ3n) is 4.18. The Hall–Kier alpha value is -1.07. The van der Waals surface area contributed by atoms with Crippen LogP contribution in [0, 0.1) is 0 Å². The van der Waals surface area contributed by atoms with Crippen LogP contribution >= 0.6 is 24.0 Å². The van der Waals surface area contributed by atoms with Gasteiger partial charge in [0, 0.05) is 22.4 Å². The maximum absolute atomic E-state index is 12.3. The summed E-state index contributed by atoms with van der Waals surface area (Å²) < 4.78 is 0.203. The zero-order valence-corrected chi connectivity index (χ0v) is 14.0. The van der Waals surface area contributed by atoms with Gasteiger partial charge in [-0.1, -0.05) is 43.6 Å². The van der Waals surface area contributed by atoms with E-state index in [9.17, 15) is 4.79 Å². The van der Waals surface area contributed by atoms with Crippen LogP contribution in [0.2, 0.25) is 0 Å². The van der Waals surface area contributed by atoms with Crippen LogP contribution in [0.25, 0.3) is 0 Å². The van der Waals surface area contributed by atoms with Gasteiger partial charge in [-0.2, -0.15) is 11.8 Å². The van der Waals surface area contributed by atoms with E-state index in [2.05, 4.69) is 11.6 Å². The summed E-state index contributed by atoms with van der Waals surface area (Å²) in [5, 5.41) is 3.08. The van der Waals surface area contributed by atoms with Crippen LogP contribution in [-0.4, -0.2) is 28.4 Å². The van der Waals surface area contributed by atoms with Gasteiger partial charge in [-0.25, -0.2) is 0 Å². The number of carbonyl (C=O) groups excluding carboxylic acids is 1. The maximum Gasteiger partial charge on any atom is 0.251 e. The van der Waals surface area contributed by atoms with Gasteiger partial charge in [-0.05, 0) is 31.2 Å². The summed E-state index contributed by atoms with van der Waals surface area (Å²) in [5.41, 5.74) is 6.96. The number of nitrogens with one attached hydrogen (secondary N) is 1. The molecule has 0 unspecified atom stereocenters. The standard InChI is InChI=1S/C16H22N2OS2/c1-21-16(8-3-2-4-9-16)11-18-15(19)13-7-5-6-12(10-13)14(17)20/h5-7,10H,2-4,8-9,11H2,1H3,(H2,17,20)(H,18,19). The van der Waals surface area contributed by atoms with E-state index < -0.39 is 0 Å². The van der Waals surface area contributed by atoms with E-state index in [4.69, 9.17) is 18.0 Å². The van der Waals surface area contributed by atoms with Crippen molar-refractivity contribution in [1.29, 1.82) is 0 Å². The maximum atomic E-state index is 12.3. The molecule has 0 spiro atoms. The number of carbonyl (C=O) groups is 1. The van der Waals surface area contributed by atoms with Gasteiger partial charge in [0.1, 0.15) is 4.99 Å². The number of thioether (sulfide) groups is 1. The Labute approximate surface area is 136 Å². The highest BCUT2D eigenvalue weighted by atomic mass is 32.2. The molecule has 114 valence electrons. The summed E-state index contributed by atoms with van der Waals surface area (Å²) in [7, 11) is 0. The molecule has 1 saturated carbocycles. The van der Waals surface area contributed by atoms with Crippen molar-refractivity contribution in [2.75, 3.05) is 12.8 Å². The highest BCUT2D eigenvalue weighted by Gasteiger charge is 2.31. The second-order valence-electron chi connectivity index (χ2n) is 5.58. The zero-order chi connectivity index (χ0) is 15.3. The number of thiocarbonyl (C=S) groups is 1. The summed E-state index contributed by atoms with van der Waals surface area (Å²) >= 11 is 6.84. The molecule has 1 aliphatic rings. The van der Waals surface area contributed by atoms with Crippen LogP contribution in [0.5, 0.6) is 0 Å². The van der Waals surface area contributed by atoms with Gasteiger partial charge < -0.3 is 11.1 Å². The first kappa shape index (κ1) is 16.3. The molecule has 1 aliphatic carbocycles. The van der Waals surface area contributed by atoms with Crippen LogP contribution in [0.4, 0.5) is 0 Å². The molecule has 0 bridgehead atoms. The second-order valence-corrected chi connectivity index (χ2v) is 7.29. The van der Waals surface area contributed by atoms with E-state index in [0.29, 0.717) is 10.6 Å². The molecule has 3 nitrogen and oxygen atoms in total. The van der Waals surface area contributed by atoms with E-state index in [1.54, 1.807) is 12.1 Å². The highest BCUT2D eigenvalue weighted by Crippen LogP contribution is 2.37. The topological polar surface area (TPSA) is 55.1 Å². The number of rotatable bonds is 5. The molecular weight excluding hydrogens is 300 g/mol. The first-order valence-electron chi connectivity index (χ1n) is 7.29. The molecule has 1 amide bonds. The van der Waals surface area contributed by atoms with Gasteiger partial charge >= 0.3 is 0 Å². The Morgan fingerprint density at radius 3 is 2.62 bits per heavy atom. The monoisotopic (exact) mass is 322 g/mol. The molecule has 1 aromatic carbocycles. The average molecular weight is 322 g/mol. The molecule has 1 aromatic rings. The van der Waals surface area contributed by atoms with E-state index in [1.165, 1.54) is 32.1 Å². The van der Waals surface area contributed by atoms with Crippen LogP contribution < -0.4 is 11.1 Å². The molecule has 0 radical (unpaired) electrons. The summed E-state index contributed by atoms with van der Waals surface area (Å²) in [5.74, 6) is -0.0490. The summed E-state index contributed by atoms with van der Waals surface area (Å²) in [4.78, 5) is 12.6. The number of nitrogens with two attached hydrogens (primary N) is 1. The molecule has 5 heteroatoms. The fourth-order valence-corrected chi connectivity index (χ4v) is 3.85. The summed E-state index contributed by atoms with van der Waals surface area (Å²) in [6.45, 7) is 0.726. The van der Waals surface area contributed by atoms with Crippen molar-refractivity contribution in [3.63, 3.8) is 0 Å². The van der Waals surface area contributed by atoms with Crippen LogP contribution in [0.3, 0.4) is 0 Å². The minimum atomic E-state index is -0.0490. The van der Waals surface area contributed by atoms with Crippen molar-refractivity contribution >= 4 is 34.9 Å². The van der Waals surface area contributed by atoms with Crippen molar-refractivity contribution in [3.8, 4) is 0 Å². The van der Waals surface area contributed by atoms with Gasteiger partial charge in [0.05, 0.1) is 0 Å². The quantitative estimate of drug-likeness (QED) is 0.818. The first-order valence-corrected chi connectivity index (χ1v) is 8.93. The molecule has 0 saturated heterocycles. The number of amides is 1. The Morgan fingerprint density at radius 2 is 2.00 bits per heavy atom. The highest BCUT2D eigenvalue weighted by molar-refractivity contribution is 8.00. The van der Waals surface area contributed by atoms with Crippen molar-refractivity contribution in [1.82, 2.24) is 5.32 Å². The number of hydrogen-bond donors (Lipinski definition) is 2. The van der Waals surface area contributed by atoms with Gasteiger partial charge in [0.25, 0.3) is 5.91 Å². The normalized spacial score (nSPS) is 17.2. The Bertz CT molecular complexity index is 525. The third-order valence-corrected chi connectivity index (χ3v) is 5.83. The molecule has 0 atom stereocenters. The molecule has 0 aliphatic heterocycles. The summed E-state index contributed by atoms with van der Waals surface area (Å²) in [6, 6.07) is 7.19. The fourth-order valence-electron chi connectivity index (χ4n) is 2.81. The lowest BCUT2D eigenvalue weighted by Gasteiger charge is -2.35. The van der Waals surface area contributed by atoms with Crippen molar-refractivity contribution in [3.05, 3.63) is 35.4 Å². The number of benzene rings is 1. The van der Waals surface area contributed by atoms with Crippen molar-refractivity contribution < 1.29 is 4.79 Å². The number of hydrogen-bond acceptors (Lipinski definition) is 3. The second kappa shape index (κ2) is 7.27. The molecule has 0 aromatic heterocycles. The van der Waals surface area contributed by atoms with Crippen LogP contribution in [0.15, 0.2) is 24.3 Å². The molecule has 3 N–H and O–H groups in total. The zero-order valence-electron chi connectivity index (χ0n) is 12.4. The van der Waals surface area contributed by atoms with E-state index in [1.807, 2.05) is 23.9 Å².